The van der Waals surface area contributed by atoms with E-state index in [1.54, 1.807) is 11.3 Å². The molecule has 2 aromatic rings. The normalized spacial score (nSPS) is 14.5. The Morgan fingerprint density at radius 1 is 1.45 bits per heavy atom. The smallest absolute Gasteiger partial charge is 0.138 e. The first kappa shape index (κ1) is 13.9. The van der Waals surface area contributed by atoms with Gasteiger partial charge in [-0.3, -0.25) is 0 Å². The minimum Gasteiger partial charge on any atom is -0.486 e. The van der Waals surface area contributed by atoms with Crippen molar-refractivity contribution in [1.29, 1.82) is 0 Å². The number of nitrogens with zero attached hydrogens (tertiary/aromatic N) is 1. The van der Waals surface area contributed by atoms with Gasteiger partial charge in [0.1, 0.15) is 17.4 Å². The average molecular weight is 309 g/mol. The molecule has 3 rings (SSSR count). The van der Waals surface area contributed by atoms with Crippen molar-refractivity contribution in [2.45, 2.75) is 39.0 Å². The van der Waals surface area contributed by atoms with Crippen LogP contribution < -0.4 is 10.1 Å². The van der Waals surface area contributed by atoms with Gasteiger partial charge in [0, 0.05) is 18.0 Å². The Morgan fingerprint density at radius 3 is 3.05 bits per heavy atom. The van der Waals surface area contributed by atoms with E-state index in [0.29, 0.717) is 23.4 Å². The Labute approximate surface area is 127 Å². The van der Waals surface area contributed by atoms with Crippen LogP contribution in [-0.2, 0) is 13.2 Å². The van der Waals surface area contributed by atoms with Crippen molar-refractivity contribution < 1.29 is 4.74 Å². The van der Waals surface area contributed by atoms with E-state index in [2.05, 4.69) is 10.3 Å². The number of thiazole rings is 1. The average Bonchev–Trinajstić information content (AvgIpc) is 3.14. The van der Waals surface area contributed by atoms with Crippen molar-refractivity contribution in [2.24, 2.45) is 0 Å². The highest BCUT2D eigenvalue weighted by atomic mass is 35.5. The fourth-order valence-electron chi connectivity index (χ4n) is 1.89. The molecule has 5 heteroatoms. The number of nitrogens with one attached hydrogen (secondary N) is 1. The zero-order valence-corrected chi connectivity index (χ0v) is 12.9. The van der Waals surface area contributed by atoms with Crippen LogP contribution in [0.15, 0.2) is 23.6 Å². The minimum absolute atomic E-state index is 0.461. The van der Waals surface area contributed by atoms with Crippen LogP contribution >= 0.6 is 22.9 Å². The van der Waals surface area contributed by atoms with E-state index >= 15 is 0 Å². The molecule has 1 aliphatic rings. The van der Waals surface area contributed by atoms with Gasteiger partial charge in [-0.15, -0.1) is 11.3 Å². The van der Waals surface area contributed by atoms with Crippen LogP contribution in [0.5, 0.6) is 5.75 Å². The highest BCUT2D eigenvalue weighted by Crippen LogP contribution is 2.26. The summed E-state index contributed by atoms with van der Waals surface area (Å²) < 4.78 is 5.72. The number of aromatic nitrogens is 1. The quantitative estimate of drug-likeness (QED) is 0.878. The minimum atomic E-state index is 0.461. The number of hydrogen-bond donors (Lipinski definition) is 1. The summed E-state index contributed by atoms with van der Waals surface area (Å²) in [5, 5.41) is 7.27. The summed E-state index contributed by atoms with van der Waals surface area (Å²) in [7, 11) is 0. The fourth-order valence-corrected chi connectivity index (χ4v) is 2.91. The Kier molecular flexibility index (Phi) is 4.24. The Hall–Kier alpha value is -1.10. The molecule has 1 fully saturated rings. The van der Waals surface area contributed by atoms with Crippen molar-refractivity contribution in [3.05, 3.63) is 44.9 Å². The van der Waals surface area contributed by atoms with Gasteiger partial charge in [-0.2, -0.15) is 0 Å². The Balaban J connectivity index is 1.54. The number of halogens is 1. The van der Waals surface area contributed by atoms with E-state index in [9.17, 15) is 0 Å². The molecule has 1 N–H and O–H groups in total. The highest BCUT2D eigenvalue weighted by molar-refractivity contribution is 7.09. The summed E-state index contributed by atoms with van der Waals surface area (Å²) in [6.45, 7) is 3.33. The second kappa shape index (κ2) is 6.12. The van der Waals surface area contributed by atoms with E-state index in [-0.39, 0.29) is 0 Å². The van der Waals surface area contributed by atoms with E-state index in [1.165, 1.54) is 12.8 Å². The summed E-state index contributed by atoms with van der Waals surface area (Å²) >= 11 is 7.81. The highest BCUT2D eigenvalue weighted by Gasteiger charge is 2.20. The van der Waals surface area contributed by atoms with Gasteiger partial charge in [0.2, 0.25) is 0 Å². The molecule has 3 nitrogen and oxygen atoms in total. The topological polar surface area (TPSA) is 34.1 Å². The summed E-state index contributed by atoms with van der Waals surface area (Å²) in [5.74, 6) is 0.711. The molecule has 0 spiro atoms. The van der Waals surface area contributed by atoms with Gasteiger partial charge in [-0.05, 0) is 37.5 Å². The van der Waals surface area contributed by atoms with Crippen molar-refractivity contribution in [3.63, 3.8) is 0 Å². The van der Waals surface area contributed by atoms with Gasteiger partial charge in [-0.1, -0.05) is 17.7 Å². The lowest BCUT2D eigenvalue weighted by Gasteiger charge is -2.06. The predicted molar refractivity (Wildman–Crippen MR) is 82.5 cm³/mol. The molecule has 0 bridgehead atoms. The second-order valence-electron chi connectivity index (χ2n) is 5.11. The van der Waals surface area contributed by atoms with Crippen LogP contribution in [0.2, 0.25) is 5.02 Å². The van der Waals surface area contributed by atoms with Gasteiger partial charge >= 0.3 is 0 Å². The Morgan fingerprint density at radius 2 is 2.30 bits per heavy atom. The van der Waals surface area contributed by atoms with Gasteiger partial charge < -0.3 is 10.1 Å². The maximum Gasteiger partial charge on any atom is 0.138 e. The van der Waals surface area contributed by atoms with Crippen molar-refractivity contribution in [3.8, 4) is 5.75 Å². The lowest BCUT2D eigenvalue weighted by atomic mass is 10.2. The first-order valence-corrected chi connectivity index (χ1v) is 8.02. The molecule has 20 heavy (non-hydrogen) atoms. The zero-order chi connectivity index (χ0) is 13.9. The maximum absolute atomic E-state index is 6.14. The summed E-state index contributed by atoms with van der Waals surface area (Å²) in [6, 6.07) is 6.51. The first-order valence-electron chi connectivity index (χ1n) is 6.76. The lowest BCUT2D eigenvalue weighted by Crippen LogP contribution is -2.15. The van der Waals surface area contributed by atoms with Gasteiger partial charge in [-0.25, -0.2) is 4.98 Å². The predicted octanol–water partition coefficient (Wildman–Crippen LogP) is 3.94. The number of ether oxygens (including phenoxy) is 1. The van der Waals surface area contributed by atoms with Crippen molar-refractivity contribution >= 4 is 22.9 Å². The standard InChI is InChI=1S/C15H17ClN2OS/c1-10-2-5-14(13(16)6-10)19-8-12-9-20-15(18-12)7-17-11-3-4-11/h2,5-6,9,11,17H,3-4,7-8H2,1H3. The molecule has 106 valence electrons. The molecule has 1 aliphatic carbocycles. The van der Waals surface area contributed by atoms with E-state index in [1.807, 2.05) is 30.5 Å². The number of aryl methyl sites for hydroxylation is 1. The number of hydrogen-bond acceptors (Lipinski definition) is 4. The second-order valence-corrected chi connectivity index (χ2v) is 6.46. The monoisotopic (exact) mass is 308 g/mol. The van der Waals surface area contributed by atoms with E-state index in [0.717, 1.165) is 22.8 Å². The van der Waals surface area contributed by atoms with Crippen LogP contribution in [0.1, 0.15) is 29.1 Å². The van der Waals surface area contributed by atoms with Gasteiger partial charge in [0.05, 0.1) is 10.7 Å². The molecular weight excluding hydrogens is 292 g/mol. The van der Waals surface area contributed by atoms with Gasteiger partial charge in [0.25, 0.3) is 0 Å². The number of rotatable bonds is 6. The van der Waals surface area contributed by atoms with E-state index < -0.39 is 0 Å². The van der Waals surface area contributed by atoms with Crippen molar-refractivity contribution in [2.75, 3.05) is 0 Å². The molecule has 0 aliphatic heterocycles. The lowest BCUT2D eigenvalue weighted by molar-refractivity contribution is 0.302. The molecule has 0 atom stereocenters. The van der Waals surface area contributed by atoms with Gasteiger partial charge in [0.15, 0.2) is 0 Å². The van der Waals surface area contributed by atoms with Crippen LogP contribution in [-0.4, -0.2) is 11.0 Å². The summed E-state index contributed by atoms with van der Waals surface area (Å²) in [5.41, 5.74) is 2.09. The molecule has 0 saturated heterocycles. The Bertz CT molecular complexity index is 595. The third-order valence-corrected chi connectivity index (χ3v) is 4.37. The molecule has 1 aromatic carbocycles. The zero-order valence-electron chi connectivity index (χ0n) is 11.4. The molecule has 1 saturated carbocycles. The molecule has 1 aromatic heterocycles. The van der Waals surface area contributed by atoms with Crippen LogP contribution in [0, 0.1) is 6.92 Å². The SMILES string of the molecule is Cc1ccc(OCc2csc(CNC3CC3)n2)c(Cl)c1. The molecule has 0 unspecified atom stereocenters. The van der Waals surface area contributed by atoms with Crippen LogP contribution in [0.4, 0.5) is 0 Å². The number of benzene rings is 1. The third-order valence-electron chi connectivity index (χ3n) is 3.18. The molecule has 1 heterocycles. The van der Waals surface area contributed by atoms with Crippen LogP contribution in [0.25, 0.3) is 0 Å². The van der Waals surface area contributed by atoms with Crippen LogP contribution in [0.3, 0.4) is 0 Å². The first-order chi connectivity index (χ1) is 9.70. The summed E-state index contributed by atoms with van der Waals surface area (Å²) in [6.07, 6.45) is 2.60. The largest absolute Gasteiger partial charge is 0.486 e. The molecular formula is C15H17ClN2OS. The maximum atomic E-state index is 6.14. The van der Waals surface area contributed by atoms with E-state index in [4.69, 9.17) is 16.3 Å². The fraction of sp³-hybridized carbons (Fsp3) is 0.400. The van der Waals surface area contributed by atoms with Crippen molar-refractivity contribution in [1.82, 2.24) is 10.3 Å². The summed E-state index contributed by atoms with van der Waals surface area (Å²) in [4.78, 5) is 4.56. The molecule has 0 amide bonds. The third kappa shape index (κ3) is 3.72. The molecule has 0 radical (unpaired) electrons.